The molecule has 1 aromatic carbocycles. The van der Waals surface area contributed by atoms with Gasteiger partial charge in [-0.3, -0.25) is 4.79 Å². The maximum atomic E-state index is 12.9. The molecule has 146 valence electrons. The Balaban J connectivity index is 1.49. The third-order valence-electron chi connectivity index (χ3n) is 4.42. The van der Waals surface area contributed by atoms with E-state index in [-0.39, 0.29) is 17.5 Å². The van der Waals surface area contributed by atoms with Gasteiger partial charge in [-0.1, -0.05) is 31.0 Å². The highest BCUT2D eigenvalue weighted by Gasteiger charge is 2.19. The van der Waals surface area contributed by atoms with Gasteiger partial charge in [-0.2, -0.15) is 0 Å². The normalized spacial score (nSPS) is 16.4. The third kappa shape index (κ3) is 5.95. The van der Waals surface area contributed by atoms with Gasteiger partial charge in [0.1, 0.15) is 11.6 Å². The fourth-order valence-electron chi connectivity index (χ4n) is 2.92. The lowest BCUT2D eigenvalue weighted by Crippen LogP contribution is -2.35. The van der Waals surface area contributed by atoms with Crippen molar-refractivity contribution in [1.82, 2.24) is 15.1 Å². The summed E-state index contributed by atoms with van der Waals surface area (Å²) in [6, 6.07) is 5.74. The van der Waals surface area contributed by atoms with Gasteiger partial charge in [0.25, 0.3) is 11.1 Å². The first-order valence-corrected chi connectivity index (χ1v) is 10.3. The number of hydrogen-bond donors (Lipinski definition) is 0. The fraction of sp³-hybridized carbons (Fsp3) is 0.526. The molecule has 1 fully saturated rings. The first-order chi connectivity index (χ1) is 13.1. The van der Waals surface area contributed by atoms with Crippen molar-refractivity contribution in [1.29, 1.82) is 0 Å². The molecule has 0 spiro atoms. The predicted octanol–water partition coefficient (Wildman–Crippen LogP) is 4.23. The van der Waals surface area contributed by atoms with E-state index in [9.17, 15) is 9.18 Å². The SMILES string of the molecule is CC(Oc1ccc(F)cc1)c1nnc(SCC(=O)N2CCCCCCC2)o1. The van der Waals surface area contributed by atoms with Crippen LogP contribution in [-0.4, -0.2) is 39.8 Å². The molecule has 0 bridgehead atoms. The number of likely N-dealkylation sites (tertiary alicyclic amines) is 1. The van der Waals surface area contributed by atoms with Gasteiger partial charge in [-0.05, 0) is 44.0 Å². The molecular formula is C19H24FN3O3S. The van der Waals surface area contributed by atoms with E-state index in [1.807, 2.05) is 4.90 Å². The topological polar surface area (TPSA) is 68.5 Å². The Kier molecular flexibility index (Phi) is 7.09. The standard InChI is InChI=1S/C19H24FN3O3S/c1-14(25-16-9-7-15(20)8-10-16)18-21-22-19(26-18)27-13-17(24)23-11-5-3-2-4-6-12-23/h7-10,14H,2-6,11-13H2,1H3. The van der Waals surface area contributed by atoms with Crippen LogP contribution in [0.1, 0.15) is 51.0 Å². The van der Waals surface area contributed by atoms with Gasteiger partial charge in [0, 0.05) is 13.1 Å². The smallest absolute Gasteiger partial charge is 0.277 e. The molecule has 1 unspecified atom stereocenters. The quantitative estimate of drug-likeness (QED) is 0.684. The Bertz CT molecular complexity index is 730. The van der Waals surface area contributed by atoms with E-state index in [1.54, 1.807) is 19.1 Å². The Morgan fingerprint density at radius 2 is 1.85 bits per heavy atom. The Morgan fingerprint density at radius 1 is 1.19 bits per heavy atom. The van der Waals surface area contributed by atoms with Crippen LogP contribution in [0.25, 0.3) is 0 Å². The highest BCUT2D eigenvalue weighted by molar-refractivity contribution is 7.99. The van der Waals surface area contributed by atoms with Gasteiger partial charge < -0.3 is 14.1 Å². The van der Waals surface area contributed by atoms with Crippen LogP contribution < -0.4 is 4.74 Å². The second kappa shape index (κ2) is 9.73. The van der Waals surface area contributed by atoms with E-state index >= 15 is 0 Å². The largest absolute Gasteiger partial charge is 0.481 e. The maximum Gasteiger partial charge on any atom is 0.277 e. The monoisotopic (exact) mass is 393 g/mol. The number of aromatic nitrogens is 2. The van der Waals surface area contributed by atoms with Crippen molar-refractivity contribution in [2.75, 3.05) is 18.8 Å². The van der Waals surface area contributed by atoms with Crippen molar-refractivity contribution in [2.24, 2.45) is 0 Å². The fourth-order valence-corrected chi connectivity index (χ4v) is 3.59. The summed E-state index contributed by atoms with van der Waals surface area (Å²) in [6.45, 7) is 3.44. The van der Waals surface area contributed by atoms with E-state index in [4.69, 9.17) is 9.15 Å². The van der Waals surface area contributed by atoms with Crippen molar-refractivity contribution < 1.29 is 18.3 Å². The average molecular weight is 393 g/mol. The number of ether oxygens (including phenoxy) is 1. The molecule has 1 aliphatic heterocycles. The van der Waals surface area contributed by atoms with Crippen LogP contribution in [0.5, 0.6) is 5.75 Å². The Labute approximate surface area is 162 Å². The molecule has 1 amide bonds. The van der Waals surface area contributed by atoms with E-state index < -0.39 is 6.10 Å². The lowest BCUT2D eigenvalue weighted by atomic mass is 10.1. The van der Waals surface area contributed by atoms with Crippen molar-refractivity contribution >= 4 is 17.7 Å². The molecule has 1 atom stereocenters. The van der Waals surface area contributed by atoms with Crippen molar-refractivity contribution in [3.8, 4) is 5.75 Å². The number of halogens is 1. The molecule has 1 aliphatic rings. The van der Waals surface area contributed by atoms with Crippen molar-refractivity contribution in [2.45, 2.75) is 50.4 Å². The van der Waals surface area contributed by atoms with Gasteiger partial charge in [0.05, 0.1) is 5.75 Å². The molecule has 6 nitrogen and oxygen atoms in total. The summed E-state index contributed by atoms with van der Waals surface area (Å²) < 4.78 is 24.2. The summed E-state index contributed by atoms with van der Waals surface area (Å²) in [5.41, 5.74) is 0. The number of carbonyl (C=O) groups is 1. The second-order valence-corrected chi connectivity index (χ2v) is 7.48. The van der Waals surface area contributed by atoms with Crippen LogP contribution in [-0.2, 0) is 4.79 Å². The molecule has 8 heteroatoms. The van der Waals surface area contributed by atoms with E-state index in [1.165, 1.54) is 43.2 Å². The van der Waals surface area contributed by atoms with Gasteiger partial charge in [0.2, 0.25) is 5.91 Å². The number of thioether (sulfide) groups is 1. The summed E-state index contributed by atoms with van der Waals surface area (Å²) in [5, 5.41) is 8.31. The van der Waals surface area contributed by atoms with Gasteiger partial charge >= 0.3 is 0 Å². The zero-order valence-corrected chi connectivity index (χ0v) is 16.2. The van der Waals surface area contributed by atoms with E-state index in [0.717, 1.165) is 25.9 Å². The highest BCUT2D eigenvalue weighted by Crippen LogP contribution is 2.24. The predicted molar refractivity (Wildman–Crippen MR) is 100 cm³/mol. The second-order valence-electron chi connectivity index (χ2n) is 6.56. The van der Waals surface area contributed by atoms with Crippen LogP contribution in [0.4, 0.5) is 4.39 Å². The number of rotatable bonds is 6. The lowest BCUT2D eigenvalue weighted by molar-refractivity contribution is -0.128. The number of hydrogen-bond acceptors (Lipinski definition) is 6. The third-order valence-corrected chi connectivity index (χ3v) is 5.23. The molecule has 2 heterocycles. The maximum absolute atomic E-state index is 12.9. The summed E-state index contributed by atoms with van der Waals surface area (Å²) >= 11 is 1.24. The van der Waals surface area contributed by atoms with Crippen LogP contribution in [0.3, 0.4) is 0 Å². The number of nitrogens with zero attached hydrogens (tertiary/aromatic N) is 3. The Morgan fingerprint density at radius 3 is 2.56 bits per heavy atom. The van der Waals surface area contributed by atoms with Gasteiger partial charge in [-0.25, -0.2) is 4.39 Å². The molecule has 2 aromatic rings. The van der Waals surface area contributed by atoms with Gasteiger partial charge in [-0.15, -0.1) is 10.2 Å². The number of carbonyl (C=O) groups excluding carboxylic acids is 1. The van der Waals surface area contributed by atoms with Crippen LogP contribution in [0.2, 0.25) is 0 Å². The molecule has 0 N–H and O–H groups in total. The molecule has 27 heavy (non-hydrogen) atoms. The van der Waals surface area contributed by atoms with Crippen LogP contribution >= 0.6 is 11.8 Å². The molecule has 0 saturated carbocycles. The molecule has 1 saturated heterocycles. The average Bonchev–Trinajstić information content (AvgIpc) is 3.10. The van der Waals surface area contributed by atoms with Crippen LogP contribution in [0, 0.1) is 5.82 Å². The summed E-state index contributed by atoms with van der Waals surface area (Å²) in [6.07, 6.45) is 5.31. The van der Waals surface area contributed by atoms with Gasteiger partial charge in [0.15, 0.2) is 6.10 Å². The highest BCUT2D eigenvalue weighted by atomic mass is 32.2. The molecule has 0 aliphatic carbocycles. The molecular weight excluding hydrogens is 369 g/mol. The van der Waals surface area contributed by atoms with E-state index in [0.29, 0.717) is 16.9 Å². The summed E-state index contributed by atoms with van der Waals surface area (Å²) in [5.74, 6) is 0.909. The summed E-state index contributed by atoms with van der Waals surface area (Å²) in [7, 11) is 0. The van der Waals surface area contributed by atoms with Crippen molar-refractivity contribution in [3.05, 3.63) is 36.0 Å². The molecule has 0 radical (unpaired) electrons. The number of amides is 1. The minimum absolute atomic E-state index is 0.109. The minimum Gasteiger partial charge on any atom is -0.481 e. The zero-order chi connectivity index (χ0) is 19.1. The minimum atomic E-state index is -0.470. The van der Waals surface area contributed by atoms with Crippen molar-refractivity contribution in [3.63, 3.8) is 0 Å². The number of benzene rings is 1. The molecule has 3 rings (SSSR count). The first-order valence-electron chi connectivity index (χ1n) is 9.28. The first kappa shape index (κ1) is 19.7. The lowest BCUT2D eigenvalue weighted by Gasteiger charge is -2.24. The molecule has 1 aromatic heterocycles. The zero-order valence-electron chi connectivity index (χ0n) is 15.4. The van der Waals surface area contributed by atoms with E-state index in [2.05, 4.69) is 10.2 Å². The Hall–Kier alpha value is -2.09. The van der Waals surface area contributed by atoms with Crippen LogP contribution in [0.15, 0.2) is 33.9 Å². The summed E-state index contributed by atoms with van der Waals surface area (Å²) in [4.78, 5) is 14.3.